The molecule has 2 aromatic rings. The highest BCUT2D eigenvalue weighted by atomic mass is 16.5. The molecule has 1 atom stereocenters. The van der Waals surface area contributed by atoms with Crippen LogP contribution in [0.3, 0.4) is 0 Å². The topological polar surface area (TPSA) is 60.0 Å². The Hall–Kier alpha value is -2.73. The second kappa shape index (κ2) is 9.65. The maximum atomic E-state index is 12.8. The molecule has 6 nitrogen and oxygen atoms in total. The summed E-state index contributed by atoms with van der Waals surface area (Å²) in [5.74, 6) is 1.91. The van der Waals surface area contributed by atoms with Crippen LogP contribution >= 0.6 is 0 Å². The van der Waals surface area contributed by atoms with Crippen molar-refractivity contribution in [3.05, 3.63) is 47.5 Å². The number of methoxy groups -OCH3 is 3. The number of benzene rings is 2. The zero-order valence-corrected chi connectivity index (χ0v) is 17.7. The van der Waals surface area contributed by atoms with Crippen molar-refractivity contribution in [3.63, 3.8) is 0 Å². The number of hydrogen-bond donors (Lipinski definition) is 1. The fraction of sp³-hybridized carbons (Fsp3) is 0.435. The molecule has 2 aromatic carbocycles. The van der Waals surface area contributed by atoms with Gasteiger partial charge < -0.3 is 19.5 Å². The quantitative estimate of drug-likeness (QED) is 0.758. The molecular formula is C23H30N2O4. The van der Waals surface area contributed by atoms with Gasteiger partial charge in [-0.1, -0.05) is 19.1 Å². The number of anilines is 1. The minimum Gasteiger partial charge on any atom is -0.496 e. The SMILES string of the molecule is COc1cc(OC)c(C(=O)Nc2ccc(CN3CCCC(C)C3)cc2)cc1OC. The van der Waals surface area contributed by atoms with Crippen molar-refractivity contribution in [3.8, 4) is 17.2 Å². The Bertz CT molecular complexity index is 836. The highest BCUT2D eigenvalue weighted by molar-refractivity contribution is 6.06. The van der Waals surface area contributed by atoms with Crippen LogP contribution in [0.1, 0.15) is 35.7 Å². The number of nitrogens with one attached hydrogen (secondary N) is 1. The van der Waals surface area contributed by atoms with Gasteiger partial charge in [-0.25, -0.2) is 0 Å². The lowest BCUT2D eigenvalue weighted by Gasteiger charge is -2.30. The molecule has 0 aliphatic carbocycles. The summed E-state index contributed by atoms with van der Waals surface area (Å²) in [6.45, 7) is 5.56. The van der Waals surface area contributed by atoms with Crippen LogP contribution < -0.4 is 19.5 Å². The summed E-state index contributed by atoms with van der Waals surface area (Å²) in [6.07, 6.45) is 2.59. The van der Waals surface area contributed by atoms with E-state index in [0.29, 0.717) is 22.8 Å². The number of nitrogens with zero attached hydrogens (tertiary/aromatic N) is 1. The number of amides is 1. The highest BCUT2D eigenvalue weighted by Gasteiger charge is 2.19. The smallest absolute Gasteiger partial charge is 0.259 e. The third-order valence-electron chi connectivity index (χ3n) is 5.31. The molecule has 0 radical (unpaired) electrons. The summed E-state index contributed by atoms with van der Waals surface area (Å²) in [6, 6.07) is 11.3. The second-order valence-corrected chi connectivity index (χ2v) is 7.54. The van der Waals surface area contributed by atoms with Crippen molar-refractivity contribution >= 4 is 11.6 Å². The summed E-state index contributed by atoms with van der Waals surface area (Å²) in [5.41, 5.74) is 2.37. The Morgan fingerprint density at radius 1 is 1.03 bits per heavy atom. The first-order valence-corrected chi connectivity index (χ1v) is 9.96. The third-order valence-corrected chi connectivity index (χ3v) is 5.31. The lowest BCUT2D eigenvalue weighted by molar-refractivity contribution is 0.102. The molecule has 0 spiro atoms. The Morgan fingerprint density at radius 3 is 2.31 bits per heavy atom. The van der Waals surface area contributed by atoms with Crippen molar-refractivity contribution in [2.75, 3.05) is 39.7 Å². The molecule has 29 heavy (non-hydrogen) atoms. The van der Waals surface area contributed by atoms with Crippen LogP contribution in [0, 0.1) is 5.92 Å². The maximum Gasteiger partial charge on any atom is 0.259 e. The van der Waals surface area contributed by atoms with E-state index in [2.05, 4.69) is 29.3 Å². The van der Waals surface area contributed by atoms with Crippen molar-refractivity contribution < 1.29 is 19.0 Å². The molecule has 0 saturated carbocycles. The number of carbonyl (C=O) groups is 1. The van der Waals surface area contributed by atoms with Gasteiger partial charge in [0.15, 0.2) is 11.5 Å². The monoisotopic (exact) mass is 398 g/mol. The molecule has 1 aliphatic rings. The summed E-state index contributed by atoms with van der Waals surface area (Å²) in [7, 11) is 4.60. The van der Waals surface area contributed by atoms with Crippen LogP contribution in [0.4, 0.5) is 5.69 Å². The minimum atomic E-state index is -0.264. The summed E-state index contributed by atoms with van der Waals surface area (Å²) >= 11 is 0. The van der Waals surface area contributed by atoms with Gasteiger partial charge in [-0.05, 0) is 43.0 Å². The highest BCUT2D eigenvalue weighted by Crippen LogP contribution is 2.35. The van der Waals surface area contributed by atoms with E-state index in [1.807, 2.05) is 12.1 Å². The third kappa shape index (κ3) is 5.21. The van der Waals surface area contributed by atoms with Crippen molar-refractivity contribution in [1.82, 2.24) is 4.90 Å². The maximum absolute atomic E-state index is 12.8. The number of likely N-dealkylation sites (tertiary alicyclic amines) is 1. The molecule has 6 heteroatoms. The van der Waals surface area contributed by atoms with Crippen LogP contribution in [0.15, 0.2) is 36.4 Å². The largest absolute Gasteiger partial charge is 0.496 e. The fourth-order valence-corrected chi connectivity index (χ4v) is 3.79. The summed E-state index contributed by atoms with van der Waals surface area (Å²) < 4.78 is 15.9. The van der Waals surface area contributed by atoms with Crippen molar-refractivity contribution in [1.29, 1.82) is 0 Å². The molecule has 1 N–H and O–H groups in total. The zero-order chi connectivity index (χ0) is 20.8. The molecule has 1 aliphatic heterocycles. The van der Waals surface area contributed by atoms with E-state index in [1.165, 1.54) is 32.6 Å². The molecule has 1 unspecified atom stereocenters. The van der Waals surface area contributed by atoms with E-state index < -0.39 is 0 Å². The van der Waals surface area contributed by atoms with Gasteiger partial charge >= 0.3 is 0 Å². The minimum absolute atomic E-state index is 0.264. The van der Waals surface area contributed by atoms with Crippen LogP contribution in [-0.4, -0.2) is 45.2 Å². The Morgan fingerprint density at radius 2 is 1.69 bits per heavy atom. The number of piperidine rings is 1. The summed E-state index contributed by atoms with van der Waals surface area (Å²) in [5, 5.41) is 2.93. The number of rotatable bonds is 7. The molecule has 1 amide bonds. The average molecular weight is 399 g/mol. The molecule has 156 valence electrons. The molecule has 0 aromatic heterocycles. The zero-order valence-electron chi connectivity index (χ0n) is 17.7. The number of ether oxygens (including phenoxy) is 3. The predicted molar refractivity (Wildman–Crippen MR) is 114 cm³/mol. The van der Waals surface area contributed by atoms with E-state index in [4.69, 9.17) is 14.2 Å². The Kier molecular flexibility index (Phi) is 6.99. The molecule has 0 bridgehead atoms. The first-order valence-electron chi connectivity index (χ1n) is 9.96. The van der Waals surface area contributed by atoms with Gasteiger partial charge in [-0.3, -0.25) is 9.69 Å². The van der Waals surface area contributed by atoms with Crippen LogP contribution in [0.25, 0.3) is 0 Å². The molecule has 1 fully saturated rings. The first-order chi connectivity index (χ1) is 14.0. The lowest BCUT2D eigenvalue weighted by atomic mass is 10.00. The lowest BCUT2D eigenvalue weighted by Crippen LogP contribution is -2.33. The molecular weight excluding hydrogens is 368 g/mol. The average Bonchev–Trinajstić information content (AvgIpc) is 2.74. The van der Waals surface area contributed by atoms with Gasteiger partial charge in [-0.2, -0.15) is 0 Å². The predicted octanol–water partition coefficient (Wildman–Crippen LogP) is 4.20. The standard InChI is InChI=1S/C23H30N2O4/c1-16-6-5-11-25(14-16)15-17-7-9-18(10-8-17)24-23(26)19-12-21(28-3)22(29-4)13-20(19)27-2/h7-10,12-13,16H,5-6,11,14-15H2,1-4H3,(H,24,26). The van der Waals surface area contributed by atoms with Crippen molar-refractivity contribution in [2.24, 2.45) is 5.92 Å². The van der Waals surface area contributed by atoms with Gasteiger partial charge in [0.25, 0.3) is 5.91 Å². The van der Waals surface area contributed by atoms with E-state index in [0.717, 1.165) is 31.2 Å². The van der Waals surface area contributed by atoms with Gasteiger partial charge in [0, 0.05) is 30.9 Å². The van der Waals surface area contributed by atoms with Crippen LogP contribution in [0.2, 0.25) is 0 Å². The van der Waals surface area contributed by atoms with E-state index in [1.54, 1.807) is 19.2 Å². The first kappa shape index (κ1) is 21.0. The van der Waals surface area contributed by atoms with E-state index >= 15 is 0 Å². The Balaban J connectivity index is 1.69. The molecule has 1 saturated heterocycles. The molecule has 1 heterocycles. The fourth-order valence-electron chi connectivity index (χ4n) is 3.79. The second-order valence-electron chi connectivity index (χ2n) is 7.54. The van der Waals surface area contributed by atoms with E-state index in [9.17, 15) is 4.79 Å². The Labute approximate surface area is 172 Å². The van der Waals surface area contributed by atoms with Crippen molar-refractivity contribution in [2.45, 2.75) is 26.3 Å². The van der Waals surface area contributed by atoms with Gasteiger partial charge in [-0.15, -0.1) is 0 Å². The van der Waals surface area contributed by atoms with Gasteiger partial charge in [0.1, 0.15) is 5.75 Å². The van der Waals surface area contributed by atoms with Crippen LogP contribution in [-0.2, 0) is 6.54 Å². The summed E-state index contributed by atoms with van der Waals surface area (Å²) in [4.78, 5) is 15.3. The van der Waals surface area contributed by atoms with Crippen LogP contribution in [0.5, 0.6) is 17.2 Å². The molecule has 3 rings (SSSR count). The van der Waals surface area contributed by atoms with Gasteiger partial charge in [0.2, 0.25) is 0 Å². The number of hydrogen-bond acceptors (Lipinski definition) is 5. The number of carbonyl (C=O) groups excluding carboxylic acids is 1. The van der Waals surface area contributed by atoms with E-state index in [-0.39, 0.29) is 5.91 Å². The normalized spacial score (nSPS) is 16.9. The van der Waals surface area contributed by atoms with Gasteiger partial charge in [0.05, 0.1) is 26.9 Å².